The Labute approximate surface area is 204 Å². The van der Waals surface area contributed by atoms with Crippen LogP contribution in [0.1, 0.15) is 25.7 Å². The molecule has 3 rings (SSSR count). The van der Waals surface area contributed by atoms with Crippen molar-refractivity contribution < 1.29 is 38.8 Å². The molecule has 0 unspecified atom stereocenters. The summed E-state index contributed by atoms with van der Waals surface area (Å²) < 4.78 is 17.0. The third-order valence-corrected chi connectivity index (χ3v) is 4.93. The SMILES string of the molecule is O=c1cc(-c2ccc(OCCCCO[N+](=O)[O-])cc2)oc2cc(OCCCCO[N+](=O)[O-])cc(O)c12. The number of benzene rings is 2. The number of rotatable bonds is 15. The molecule has 192 valence electrons. The molecule has 2 aromatic carbocycles. The van der Waals surface area contributed by atoms with Gasteiger partial charge in [0.15, 0.2) is 5.43 Å². The van der Waals surface area contributed by atoms with Crippen LogP contribution >= 0.6 is 0 Å². The molecule has 13 nitrogen and oxygen atoms in total. The number of nitrogens with zero attached hydrogens (tertiary/aromatic N) is 2. The van der Waals surface area contributed by atoms with E-state index in [1.165, 1.54) is 18.2 Å². The van der Waals surface area contributed by atoms with Crippen molar-refractivity contribution in [3.8, 4) is 28.6 Å². The summed E-state index contributed by atoms with van der Waals surface area (Å²) in [5, 5.41) is 28.9. The summed E-state index contributed by atoms with van der Waals surface area (Å²) in [5.41, 5.74) is 0.322. The summed E-state index contributed by atoms with van der Waals surface area (Å²) in [6.07, 6.45) is 1.96. The Morgan fingerprint density at radius 2 is 1.33 bits per heavy atom. The molecule has 1 aromatic heterocycles. The number of hydrogen-bond acceptors (Lipinski definition) is 11. The molecule has 1 heterocycles. The Morgan fingerprint density at radius 3 is 1.92 bits per heavy atom. The van der Waals surface area contributed by atoms with Crippen molar-refractivity contribution in [2.45, 2.75) is 25.7 Å². The van der Waals surface area contributed by atoms with E-state index in [-0.39, 0.29) is 48.0 Å². The van der Waals surface area contributed by atoms with Crippen molar-refractivity contribution >= 4 is 11.0 Å². The van der Waals surface area contributed by atoms with Gasteiger partial charge in [-0.3, -0.25) is 4.79 Å². The molecule has 0 amide bonds. The fourth-order valence-corrected chi connectivity index (χ4v) is 3.25. The number of unbranched alkanes of at least 4 members (excludes halogenated alkanes) is 2. The maximum Gasteiger partial charge on any atom is 0.294 e. The first kappa shape index (κ1) is 26.1. The van der Waals surface area contributed by atoms with E-state index < -0.39 is 15.6 Å². The van der Waals surface area contributed by atoms with E-state index in [0.717, 1.165) is 0 Å². The Balaban J connectivity index is 1.62. The van der Waals surface area contributed by atoms with Gasteiger partial charge in [0.05, 0.1) is 26.4 Å². The molecule has 3 aromatic rings. The van der Waals surface area contributed by atoms with Crippen LogP contribution in [-0.4, -0.2) is 41.7 Å². The lowest BCUT2D eigenvalue weighted by Gasteiger charge is -2.10. The van der Waals surface area contributed by atoms with Crippen LogP contribution in [0.4, 0.5) is 0 Å². The average Bonchev–Trinajstić information content (AvgIpc) is 2.83. The molecule has 0 saturated carbocycles. The number of ether oxygens (including phenoxy) is 2. The second-order valence-corrected chi connectivity index (χ2v) is 7.54. The van der Waals surface area contributed by atoms with Crippen LogP contribution in [0.2, 0.25) is 0 Å². The minimum absolute atomic E-state index is 0.0114. The number of fused-ring (bicyclic) bond motifs is 1. The second-order valence-electron chi connectivity index (χ2n) is 7.54. The van der Waals surface area contributed by atoms with Crippen molar-refractivity contribution in [1.29, 1.82) is 0 Å². The summed E-state index contributed by atoms with van der Waals surface area (Å²) in [5.74, 6) is 0.855. The second kappa shape index (κ2) is 12.8. The highest BCUT2D eigenvalue weighted by Gasteiger charge is 2.13. The van der Waals surface area contributed by atoms with Gasteiger partial charge in [-0.25, -0.2) is 0 Å². The van der Waals surface area contributed by atoms with Gasteiger partial charge in [0.25, 0.3) is 10.2 Å². The lowest BCUT2D eigenvalue weighted by atomic mass is 10.1. The third kappa shape index (κ3) is 7.75. The first-order valence-corrected chi connectivity index (χ1v) is 11.0. The Bertz CT molecular complexity index is 1240. The predicted octanol–water partition coefficient (Wildman–Crippen LogP) is 3.90. The monoisotopic (exact) mass is 504 g/mol. The molecule has 0 aliphatic heterocycles. The fraction of sp³-hybridized carbons (Fsp3) is 0.348. The maximum absolute atomic E-state index is 12.6. The summed E-state index contributed by atoms with van der Waals surface area (Å²) in [4.78, 5) is 41.3. The van der Waals surface area contributed by atoms with E-state index in [9.17, 15) is 30.1 Å². The van der Waals surface area contributed by atoms with Gasteiger partial charge in [0.2, 0.25) is 0 Å². The molecule has 1 N–H and O–H groups in total. The molecule has 0 spiro atoms. The summed E-state index contributed by atoms with van der Waals surface area (Å²) in [6.45, 7) is 0.550. The minimum atomic E-state index is -0.858. The third-order valence-electron chi connectivity index (χ3n) is 4.93. The number of aromatic hydroxyl groups is 1. The molecule has 36 heavy (non-hydrogen) atoms. The Kier molecular flexibility index (Phi) is 9.26. The minimum Gasteiger partial charge on any atom is -0.507 e. The highest BCUT2D eigenvalue weighted by Crippen LogP contribution is 2.31. The zero-order valence-corrected chi connectivity index (χ0v) is 19.1. The van der Waals surface area contributed by atoms with Crippen LogP contribution in [0, 0.1) is 20.2 Å². The van der Waals surface area contributed by atoms with Gasteiger partial charge < -0.3 is 28.7 Å². The highest BCUT2D eigenvalue weighted by atomic mass is 17.0. The summed E-state index contributed by atoms with van der Waals surface area (Å²) >= 11 is 0. The lowest BCUT2D eigenvalue weighted by Crippen LogP contribution is -2.05. The van der Waals surface area contributed by atoms with E-state index in [4.69, 9.17) is 13.9 Å². The molecule has 13 heteroatoms. The van der Waals surface area contributed by atoms with E-state index in [0.29, 0.717) is 43.6 Å². The molecular weight excluding hydrogens is 480 g/mol. The topological polar surface area (TPSA) is 174 Å². The smallest absolute Gasteiger partial charge is 0.294 e. The van der Waals surface area contributed by atoms with E-state index in [2.05, 4.69) is 9.68 Å². The summed E-state index contributed by atoms with van der Waals surface area (Å²) in [6, 6.07) is 10.9. The van der Waals surface area contributed by atoms with Gasteiger partial charge in [-0.2, -0.15) is 0 Å². The van der Waals surface area contributed by atoms with Crippen molar-refractivity contribution in [2.75, 3.05) is 26.4 Å². The first-order chi connectivity index (χ1) is 17.3. The van der Waals surface area contributed by atoms with Crippen molar-refractivity contribution in [3.05, 3.63) is 72.9 Å². The number of phenolic OH excluding ortho intramolecular Hbond substituents is 1. The molecule has 0 aliphatic carbocycles. The standard InChI is InChI=1S/C23H24N2O11/c26-19-13-18(33-10-2-4-12-35-25(30)31)14-22-23(19)20(27)15-21(36-22)16-5-7-17(8-6-16)32-9-1-3-11-34-24(28)29/h5-8,13-15,26H,1-4,9-12H2. The van der Waals surface area contributed by atoms with Gasteiger partial charge in [-0.15, -0.1) is 20.2 Å². The molecular formula is C23H24N2O11. The van der Waals surface area contributed by atoms with Crippen LogP contribution in [-0.2, 0) is 9.68 Å². The average molecular weight is 504 g/mol. The fourth-order valence-electron chi connectivity index (χ4n) is 3.25. The maximum atomic E-state index is 12.6. The van der Waals surface area contributed by atoms with E-state index >= 15 is 0 Å². The van der Waals surface area contributed by atoms with Crippen LogP contribution in [0.15, 0.2) is 51.7 Å². The quantitative estimate of drug-likeness (QED) is 0.180. The van der Waals surface area contributed by atoms with Gasteiger partial charge in [-0.1, -0.05) is 0 Å². The molecule has 0 fully saturated rings. The number of phenols is 1. The highest BCUT2D eigenvalue weighted by molar-refractivity contribution is 5.86. The zero-order chi connectivity index (χ0) is 25.9. The normalized spacial score (nSPS) is 10.7. The van der Waals surface area contributed by atoms with Crippen LogP contribution in [0.5, 0.6) is 17.2 Å². The number of hydrogen-bond donors (Lipinski definition) is 1. The van der Waals surface area contributed by atoms with E-state index in [1.807, 2.05) is 0 Å². The van der Waals surface area contributed by atoms with Crippen LogP contribution in [0.3, 0.4) is 0 Å². The molecule has 0 aliphatic rings. The van der Waals surface area contributed by atoms with Crippen molar-refractivity contribution in [2.24, 2.45) is 0 Å². The van der Waals surface area contributed by atoms with Gasteiger partial charge in [0.1, 0.15) is 34.0 Å². The van der Waals surface area contributed by atoms with Gasteiger partial charge >= 0.3 is 0 Å². The van der Waals surface area contributed by atoms with Crippen molar-refractivity contribution in [1.82, 2.24) is 0 Å². The predicted molar refractivity (Wildman–Crippen MR) is 125 cm³/mol. The Morgan fingerprint density at radius 1 is 0.778 bits per heavy atom. The Hall–Kier alpha value is -4.55. The van der Waals surface area contributed by atoms with Gasteiger partial charge in [0, 0.05) is 23.8 Å². The molecule has 0 bridgehead atoms. The lowest BCUT2D eigenvalue weighted by molar-refractivity contribution is -0.757. The van der Waals surface area contributed by atoms with Crippen LogP contribution in [0.25, 0.3) is 22.3 Å². The van der Waals surface area contributed by atoms with Crippen molar-refractivity contribution in [3.63, 3.8) is 0 Å². The molecule has 0 radical (unpaired) electrons. The zero-order valence-electron chi connectivity index (χ0n) is 19.1. The molecule has 0 saturated heterocycles. The molecule has 0 atom stereocenters. The van der Waals surface area contributed by atoms with Gasteiger partial charge in [-0.05, 0) is 49.9 Å². The first-order valence-electron chi connectivity index (χ1n) is 11.0. The largest absolute Gasteiger partial charge is 0.507 e. The van der Waals surface area contributed by atoms with E-state index in [1.54, 1.807) is 24.3 Å². The van der Waals surface area contributed by atoms with Crippen LogP contribution < -0.4 is 14.9 Å². The summed E-state index contributed by atoms with van der Waals surface area (Å²) in [7, 11) is 0.